The maximum atomic E-state index is 9.52. The Balaban J connectivity index is 2.25. The van der Waals surface area contributed by atoms with Crippen LogP contribution < -0.4 is 5.32 Å². The number of hydrogen-bond acceptors (Lipinski definition) is 4. The van der Waals surface area contributed by atoms with Gasteiger partial charge in [-0.05, 0) is 20.3 Å². The lowest BCUT2D eigenvalue weighted by atomic mass is 10.1. The molecule has 0 aromatic rings. The van der Waals surface area contributed by atoms with Gasteiger partial charge in [0.1, 0.15) is 0 Å². The molecule has 0 radical (unpaired) electrons. The Morgan fingerprint density at radius 3 is 2.77 bits per heavy atom. The molecule has 0 saturated carbocycles. The van der Waals surface area contributed by atoms with Gasteiger partial charge in [-0.25, -0.2) is 0 Å². The lowest BCUT2D eigenvalue weighted by Gasteiger charge is -2.24. The largest absolute Gasteiger partial charge is 0.393 e. The second kappa shape index (κ2) is 4.37. The Morgan fingerprint density at radius 1 is 1.62 bits per heavy atom. The predicted octanol–water partition coefficient (Wildman–Crippen LogP) is -0.503. The molecule has 1 heterocycles. The fraction of sp³-hybridized carbons (Fsp3) is 1.00. The van der Waals surface area contributed by atoms with Crippen LogP contribution >= 0.6 is 0 Å². The quantitative estimate of drug-likeness (QED) is 0.558. The number of ether oxygens (including phenoxy) is 1. The average Bonchev–Trinajstić information content (AvgIpc) is 2.48. The van der Waals surface area contributed by atoms with Crippen LogP contribution in [0, 0.1) is 0 Å². The van der Waals surface area contributed by atoms with Gasteiger partial charge in [-0.1, -0.05) is 0 Å². The van der Waals surface area contributed by atoms with Gasteiger partial charge < -0.3 is 20.3 Å². The molecule has 1 aliphatic heterocycles. The minimum absolute atomic E-state index is 0.203. The van der Waals surface area contributed by atoms with E-state index >= 15 is 0 Å². The SMILES string of the molecule is CC1OCCC1NCC(C)(O)CO. The van der Waals surface area contributed by atoms with Crippen LogP contribution in [0.15, 0.2) is 0 Å². The van der Waals surface area contributed by atoms with E-state index in [-0.39, 0.29) is 12.7 Å². The average molecular weight is 189 g/mol. The van der Waals surface area contributed by atoms with Crippen molar-refractivity contribution in [3.05, 3.63) is 0 Å². The minimum Gasteiger partial charge on any atom is -0.393 e. The third-order valence-corrected chi connectivity index (χ3v) is 2.46. The molecule has 0 amide bonds. The lowest BCUT2D eigenvalue weighted by Crippen LogP contribution is -2.46. The fourth-order valence-corrected chi connectivity index (χ4v) is 1.41. The molecule has 0 bridgehead atoms. The molecular formula is C9H19NO3. The Kier molecular flexibility index (Phi) is 3.67. The van der Waals surface area contributed by atoms with E-state index < -0.39 is 5.60 Å². The highest BCUT2D eigenvalue weighted by atomic mass is 16.5. The van der Waals surface area contributed by atoms with Crippen LogP contribution in [0.5, 0.6) is 0 Å². The summed E-state index contributed by atoms with van der Waals surface area (Å²) in [5, 5.41) is 21.5. The van der Waals surface area contributed by atoms with Gasteiger partial charge in [0.05, 0.1) is 18.3 Å². The number of nitrogens with one attached hydrogen (secondary N) is 1. The fourth-order valence-electron chi connectivity index (χ4n) is 1.41. The summed E-state index contributed by atoms with van der Waals surface area (Å²) in [6, 6.07) is 0.304. The van der Waals surface area contributed by atoms with Gasteiger partial charge in [0.2, 0.25) is 0 Å². The zero-order valence-corrected chi connectivity index (χ0v) is 8.29. The molecule has 0 aromatic heterocycles. The van der Waals surface area contributed by atoms with E-state index in [2.05, 4.69) is 5.32 Å². The Labute approximate surface area is 78.9 Å². The van der Waals surface area contributed by atoms with Crippen molar-refractivity contribution in [2.45, 2.75) is 38.0 Å². The molecule has 13 heavy (non-hydrogen) atoms. The van der Waals surface area contributed by atoms with Crippen molar-refractivity contribution in [3.63, 3.8) is 0 Å². The topological polar surface area (TPSA) is 61.7 Å². The zero-order valence-electron chi connectivity index (χ0n) is 8.29. The van der Waals surface area contributed by atoms with Crippen LogP contribution in [0.4, 0.5) is 0 Å². The van der Waals surface area contributed by atoms with E-state index in [1.165, 1.54) is 0 Å². The number of rotatable bonds is 4. The first-order valence-electron chi connectivity index (χ1n) is 4.73. The number of aliphatic hydroxyl groups excluding tert-OH is 1. The molecule has 0 aliphatic carbocycles. The van der Waals surface area contributed by atoms with E-state index in [9.17, 15) is 5.11 Å². The van der Waals surface area contributed by atoms with E-state index in [1.807, 2.05) is 6.92 Å². The van der Waals surface area contributed by atoms with E-state index in [4.69, 9.17) is 9.84 Å². The van der Waals surface area contributed by atoms with Gasteiger partial charge in [0, 0.05) is 19.2 Å². The molecule has 0 spiro atoms. The van der Waals surface area contributed by atoms with E-state index in [1.54, 1.807) is 6.92 Å². The van der Waals surface area contributed by atoms with Crippen LogP contribution in [-0.2, 0) is 4.74 Å². The third kappa shape index (κ3) is 3.23. The van der Waals surface area contributed by atoms with Gasteiger partial charge >= 0.3 is 0 Å². The summed E-state index contributed by atoms with van der Waals surface area (Å²) in [6.07, 6.45) is 1.18. The van der Waals surface area contributed by atoms with Gasteiger partial charge in [-0.15, -0.1) is 0 Å². The summed E-state index contributed by atoms with van der Waals surface area (Å²) >= 11 is 0. The molecule has 3 N–H and O–H groups in total. The Morgan fingerprint density at radius 2 is 2.31 bits per heavy atom. The smallest absolute Gasteiger partial charge is 0.0972 e. The lowest BCUT2D eigenvalue weighted by molar-refractivity contribution is -0.00126. The summed E-state index contributed by atoms with van der Waals surface area (Å²) in [7, 11) is 0. The zero-order chi connectivity index (χ0) is 9.90. The van der Waals surface area contributed by atoms with Crippen LogP contribution in [0.3, 0.4) is 0 Å². The summed E-state index contributed by atoms with van der Waals surface area (Å²) in [4.78, 5) is 0. The van der Waals surface area contributed by atoms with Crippen LogP contribution in [0.2, 0.25) is 0 Å². The van der Waals surface area contributed by atoms with Crippen molar-refractivity contribution in [1.29, 1.82) is 0 Å². The highest BCUT2D eigenvalue weighted by Crippen LogP contribution is 2.13. The maximum Gasteiger partial charge on any atom is 0.0972 e. The van der Waals surface area contributed by atoms with Crippen molar-refractivity contribution in [3.8, 4) is 0 Å². The summed E-state index contributed by atoms with van der Waals surface area (Å²) in [5.74, 6) is 0. The van der Waals surface area contributed by atoms with Crippen LogP contribution in [-0.4, -0.2) is 47.7 Å². The summed E-state index contributed by atoms with van der Waals surface area (Å²) in [6.45, 7) is 4.59. The van der Waals surface area contributed by atoms with Crippen LogP contribution in [0.1, 0.15) is 20.3 Å². The molecule has 1 rings (SSSR count). The molecule has 78 valence electrons. The molecule has 3 unspecified atom stereocenters. The van der Waals surface area contributed by atoms with Crippen molar-refractivity contribution in [2.24, 2.45) is 0 Å². The third-order valence-electron chi connectivity index (χ3n) is 2.46. The second-order valence-corrected chi connectivity index (χ2v) is 4.01. The van der Waals surface area contributed by atoms with E-state index in [0.717, 1.165) is 13.0 Å². The van der Waals surface area contributed by atoms with Crippen molar-refractivity contribution >= 4 is 0 Å². The molecule has 1 aliphatic rings. The molecular weight excluding hydrogens is 170 g/mol. The summed E-state index contributed by atoms with van der Waals surface area (Å²) in [5.41, 5.74) is -1.03. The van der Waals surface area contributed by atoms with Crippen molar-refractivity contribution in [1.82, 2.24) is 5.32 Å². The number of hydrogen-bond donors (Lipinski definition) is 3. The first-order valence-corrected chi connectivity index (χ1v) is 4.73. The van der Waals surface area contributed by atoms with Crippen molar-refractivity contribution < 1.29 is 14.9 Å². The van der Waals surface area contributed by atoms with Gasteiger partial charge in [-0.2, -0.15) is 0 Å². The first kappa shape index (κ1) is 10.9. The second-order valence-electron chi connectivity index (χ2n) is 4.01. The standard InChI is InChI=1S/C9H19NO3/c1-7-8(3-4-13-7)10-5-9(2,12)6-11/h7-8,10-12H,3-6H2,1-2H3. The molecule has 3 atom stereocenters. The normalized spacial score (nSPS) is 33.2. The highest BCUT2D eigenvalue weighted by Gasteiger charge is 2.27. The van der Waals surface area contributed by atoms with E-state index in [0.29, 0.717) is 12.6 Å². The first-order chi connectivity index (χ1) is 6.05. The summed E-state index contributed by atoms with van der Waals surface area (Å²) < 4.78 is 5.36. The highest BCUT2D eigenvalue weighted by molar-refractivity contribution is 4.83. The van der Waals surface area contributed by atoms with Gasteiger partial charge in [0.25, 0.3) is 0 Å². The molecule has 1 saturated heterocycles. The monoisotopic (exact) mass is 189 g/mol. The Bertz CT molecular complexity index is 161. The minimum atomic E-state index is -1.03. The molecule has 4 nitrogen and oxygen atoms in total. The van der Waals surface area contributed by atoms with Crippen molar-refractivity contribution in [2.75, 3.05) is 19.8 Å². The maximum absolute atomic E-state index is 9.52. The predicted molar refractivity (Wildman–Crippen MR) is 49.5 cm³/mol. The Hall–Kier alpha value is -0.160. The molecule has 4 heteroatoms. The number of aliphatic hydroxyl groups is 2. The molecule has 1 fully saturated rings. The molecule has 0 aromatic carbocycles. The van der Waals surface area contributed by atoms with Gasteiger partial charge in [0.15, 0.2) is 0 Å². The van der Waals surface area contributed by atoms with Gasteiger partial charge in [-0.3, -0.25) is 0 Å². The van der Waals surface area contributed by atoms with Crippen LogP contribution in [0.25, 0.3) is 0 Å².